The van der Waals surface area contributed by atoms with Gasteiger partial charge in [0.2, 0.25) is 0 Å². The molecule has 0 aliphatic carbocycles. The summed E-state index contributed by atoms with van der Waals surface area (Å²) in [6, 6.07) is 3.53. The molecule has 0 fully saturated rings. The highest BCUT2D eigenvalue weighted by Gasteiger charge is 2.14. The van der Waals surface area contributed by atoms with E-state index in [4.69, 9.17) is 4.74 Å². The van der Waals surface area contributed by atoms with Gasteiger partial charge in [0.1, 0.15) is 5.56 Å². The van der Waals surface area contributed by atoms with Gasteiger partial charge < -0.3 is 9.14 Å². The van der Waals surface area contributed by atoms with E-state index in [-0.39, 0.29) is 5.97 Å². The minimum Gasteiger partial charge on any atom is -0.465 e. The molecule has 0 aromatic carbocycles. The first kappa shape index (κ1) is 10.7. The Morgan fingerprint density at radius 3 is 2.88 bits per heavy atom. The van der Waals surface area contributed by atoms with Crippen LogP contribution in [0.2, 0.25) is 0 Å². The van der Waals surface area contributed by atoms with E-state index in [1.165, 1.54) is 7.11 Å². The van der Waals surface area contributed by atoms with Gasteiger partial charge in [-0.15, -0.1) is 0 Å². The van der Waals surface area contributed by atoms with Crippen LogP contribution < -0.4 is 0 Å². The van der Waals surface area contributed by atoms with Crippen molar-refractivity contribution in [2.75, 3.05) is 7.11 Å². The van der Waals surface area contributed by atoms with Crippen molar-refractivity contribution >= 4 is 11.6 Å². The fourth-order valence-corrected chi connectivity index (χ4v) is 1.58. The van der Waals surface area contributed by atoms with Gasteiger partial charge in [0.15, 0.2) is 5.65 Å². The van der Waals surface area contributed by atoms with E-state index >= 15 is 0 Å². The van der Waals surface area contributed by atoms with E-state index in [0.717, 1.165) is 5.69 Å². The van der Waals surface area contributed by atoms with Crippen molar-refractivity contribution in [3.05, 3.63) is 35.8 Å². The Hall–Kier alpha value is -1.84. The van der Waals surface area contributed by atoms with Crippen LogP contribution in [0.1, 0.15) is 35.8 Å². The third-order valence-corrected chi connectivity index (χ3v) is 2.50. The molecule has 0 aliphatic heterocycles. The zero-order valence-electron chi connectivity index (χ0n) is 9.60. The van der Waals surface area contributed by atoms with Crippen LogP contribution >= 0.6 is 0 Å². The first-order valence-electron chi connectivity index (χ1n) is 5.19. The van der Waals surface area contributed by atoms with Crippen molar-refractivity contribution in [1.82, 2.24) is 9.38 Å². The summed E-state index contributed by atoms with van der Waals surface area (Å²) in [4.78, 5) is 16.0. The summed E-state index contributed by atoms with van der Waals surface area (Å²) in [6.45, 7) is 4.14. The zero-order valence-corrected chi connectivity index (χ0v) is 9.60. The summed E-state index contributed by atoms with van der Waals surface area (Å²) in [5, 5.41) is 0. The number of esters is 1. The van der Waals surface area contributed by atoms with E-state index in [2.05, 4.69) is 18.8 Å². The zero-order chi connectivity index (χ0) is 11.7. The number of hydrogen-bond donors (Lipinski definition) is 0. The monoisotopic (exact) mass is 218 g/mol. The standard InChI is InChI=1S/C12H14N2O2/c1-8(2)10-7-14-6-4-5-9(11(14)13-10)12(15)16-3/h4-8H,1-3H3. The lowest BCUT2D eigenvalue weighted by atomic mass is 10.2. The molecule has 84 valence electrons. The number of methoxy groups -OCH3 is 1. The molecule has 2 aromatic heterocycles. The van der Waals surface area contributed by atoms with Gasteiger partial charge in [-0.1, -0.05) is 13.8 Å². The second kappa shape index (κ2) is 3.96. The molecule has 4 heteroatoms. The number of nitrogens with zero attached hydrogens (tertiary/aromatic N) is 2. The van der Waals surface area contributed by atoms with Gasteiger partial charge in [0.05, 0.1) is 12.8 Å². The Labute approximate surface area is 93.9 Å². The Morgan fingerprint density at radius 1 is 1.50 bits per heavy atom. The van der Waals surface area contributed by atoms with Crippen LogP contribution in [-0.4, -0.2) is 22.5 Å². The molecule has 4 nitrogen and oxygen atoms in total. The van der Waals surface area contributed by atoms with Gasteiger partial charge in [-0.05, 0) is 18.1 Å². The molecule has 0 saturated carbocycles. The van der Waals surface area contributed by atoms with Crippen LogP contribution in [0.25, 0.3) is 5.65 Å². The molecule has 0 saturated heterocycles. The summed E-state index contributed by atoms with van der Waals surface area (Å²) in [5.74, 6) is -0.0168. The third-order valence-electron chi connectivity index (χ3n) is 2.50. The average Bonchev–Trinajstić information content (AvgIpc) is 2.71. The smallest absolute Gasteiger partial charge is 0.341 e. The van der Waals surface area contributed by atoms with Crippen molar-refractivity contribution in [2.24, 2.45) is 0 Å². The Balaban J connectivity index is 2.63. The van der Waals surface area contributed by atoms with E-state index < -0.39 is 0 Å². The average molecular weight is 218 g/mol. The maximum atomic E-state index is 11.5. The number of imidazole rings is 1. The highest BCUT2D eigenvalue weighted by atomic mass is 16.5. The van der Waals surface area contributed by atoms with E-state index in [1.807, 2.05) is 22.9 Å². The second-order valence-electron chi connectivity index (χ2n) is 3.96. The fraction of sp³-hybridized carbons (Fsp3) is 0.333. The lowest BCUT2D eigenvalue weighted by Crippen LogP contribution is -2.03. The van der Waals surface area contributed by atoms with Crippen LogP contribution in [0.4, 0.5) is 0 Å². The number of aromatic nitrogens is 2. The SMILES string of the molecule is COC(=O)c1cccn2cc(C(C)C)nc12. The molecule has 0 bridgehead atoms. The molecule has 0 aliphatic rings. The summed E-state index contributed by atoms with van der Waals surface area (Å²) >= 11 is 0. The fourth-order valence-electron chi connectivity index (χ4n) is 1.58. The number of fused-ring (bicyclic) bond motifs is 1. The summed E-state index contributed by atoms with van der Waals surface area (Å²) < 4.78 is 6.57. The van der Waals surface area contributed by atoms with Crippen LogP contribution in [-0.2, 0) is 4.74 Å². The number of carbonyl (C=O) groups excluding carboxylic acids is 1. The molecule has 0 spiro atoms. The first-order chi connectivity index (χ1) is 7.63. The minimum absolute atomic E-state index is 0.338. The number of hydrogen-bond acceptors (Lipinski definition) is 3. The molecular formula is C12H14N2O2. The van der Waals surface area contributed by atoms with Gasteiger partial charge in [-0.3, -0.25) is 0 Å². The quantitative estimate of drug-likeness (QED) is 0.726. The highest BCUT2D eigenvalue weighted by Crippen LogP contribution is 2.17. The van der Waals surface area contributed by atoms with Crippen LogP contribution in [0.5, 0.6) is 0 Å². The van der Waals surface area contributed by atoms with Gasteiger partial charge >= 0.3 is 5.97 Å². The van der Waals surface area contributed by atoms with Gasteiger partial charge in [0, 0.05) is 12.4 Å². The maximum Gasteiger partial charge on any atom is 0.341 e. The number of ether oxygens (including phenoxy) is 1. The van der Waals surface area contributed by atoms with E-state index in [0.29, 0.717) is 17.1 Å². The minimum atomic E-state index is -0.355. The normalized spacial score (nSPS) is 11.0. The van der Waals surface area contributed by atoms with Crippen LogP contribution in [0.3, 0.4) is 0 Å². The summed E-state index contributed by atoms with van der Waals surface area (Å²) in [7, 11) is 1.37. The van der Waals surface area contributed by atoms with Crippen molar-refractivity contribution < 1.29 is 9.53 Å². The first-order valence-corrected chi connectivity index (χ1v) is 5.19. The summed E-state index contributed by atoms with van der Waals surface area (Å²) in [6.07, 6.45) is 3.81. The lowest BCUT2D eigenvalue weighted by Gasteiger charge is -2.00. The van der Waals surface area contributed by atoms with Gasteiger partial charge in [-0.2, -0.15) is 0 Å². The number of carbonyl (C=O) groups is 1. The molecular weight excluding hydrogens is 204 g/mol. The van der Waals surface area contributed by atoms with Crippen molar-refractivity contribution in [1.29, 1.82) is 0 Å². The van der Waals surface area contributed by atoms with Crippen LogP contribution in [0, 0.1) is 0 Å². The van der Waals surface area contributed by atoms with E-state index in [1.54, 1.807) is 6.07 Å². The predicted molar refractivity (Wildman–Crippen MR) is 60.6 cm³/mol. The molecule has 0 atom stereocenters. The topological polar surface area (TPSA) is 43.6 Å². The predicted octanol–water partition coefficient (Wildman–Crippen LogP) is 2.24. The molecule has 16 heavy (non-hydrogen) atoms. The van der Waals surface area contributed by atoms with Crippen LogP contribution in [0.15, 0.2) is 24.5 Å². The Bertz CT molecular complexity index is 529. The van der Waals surface area contributed by atoms with Crippen molar-refractivity contribution in [2.45, 2.75) is 19.8 Å². The largest absolute Gasteiger partial charge is 0.465 e. The third kappa shape index (κ3) is 1.66. The number of rotatable bonds is 2. The Kier molecular flexibility index (Phi) is 2.64. The molecule has 0 radical (unpaired) electrons. The molecule has 0 amide bonds. The maximum absolute atomic E-state index is 11.5. The Morgan fingerprint density at radius 2 is 2.25 bits per heavy atom. The summed E-state index contributed by atoms with van der Waals surface area (Å²) in [5.41, 5.74) is 2.12. The number of pyridine rings is 1. The van der Waals surface area contributed by atoms with Crippen molar-refractivity contribution in [3.63, 3.8) is 0 Å². The molecule has 0 unspecified atom stereocenters. The highest BCUT2D eigenvalue weighted by molar-refractivity contribution is 5.95. The lowest BCUT2D eigenvalue weighted by molar-refractivity contribution is 0.0602. The van der Waals surface area contributed by atoms with Crippen molar-refractivity contribution in [3.8, 4) is 0 Å². The van der Waals surface area contributed by atoms with E-state index in [9.17, 15) is 4.79 Å². The molecule has 2 heterocycles. The second-order valence-corrected chi connectivity index (χ2v) is 3.96. The molecule has 0 N–H and O–H groups in total. The molecule has 2 rings (SSSR count). The van der Waals surface area contributed by atoms with Gasteiger partial charge in [0.25, 0.3) is 0 Å². The molecule has 2 aromatic rings. The van der Waals surface area contributed by atoms with Gasteiger partial charge in [-0.25, -0.2) is 9.78 Å².